The summed E-state index contributed by atoms with van der Waals surface area (Å²) in [4.78, 5) is 87.3. The second kappa shape index (κ2) is 51.5. The molecule has 0 unspecified atom stereocenters. The number of aromatic nitrogens is 14. The Morgan fingerprint density at radius 1 is 0.265 bits per heavy atom. The Kier molecular flexibility index (Phi) is 39.0. The molecule has 9 aromatic heterocycles. The number of benzene rings is 9. The first-order chi connectivity index (χ1) is 69.0. The summed E-state index contributed by atoms with van der Waals surface area (Å²) in [5.41, 5.74) is 23.2. The van der Waals surface area contributed by atoms with Crippen molar-refractivity contribution in [2.75, 3.05) is 79.9 Å². The van der Waals surface area contributed by atoms with Gasteiger partial charge in [0.25, 0.3) is 0 Å². The molecule has 0 saturated carbocycles. The Morgan fingerprint density at radius 3 is 1.01 bits per heavy atom. The molecule has 6 radical (unpaired) electrons. The van der Waals surface area contributed by atoms with E-state index in [9.17, 15) is 0 Å². The summed E-state index contributed by atoms with van der Waals surface area (Å²) in [6, 6.07) is 100.0. The fourth-order valence-electron chi connectivity index (χ4n) is 17.0. The van der Waals surface area contributed by atoms with Crippen LogP contribution in [0.1, 0.15) is 107 Å². The van der Waals surface area contributed by atoms with Gasteiger partial charge >= 0.3 is 0 Å². The van der Waals surface area contributed by atoms with Crippen molar-refractivity contribution in [1.82, 2.24) is 69.8 Å². The molecule has 0 aliphatic carbocycles. The van der Waals surface area contributed by atoms with E-state index in [1.807, 2.05) is 308 Å². The van der Waals surface area contributed by atoms with Crippen LogP contribution in [-0.2, 0) is 121 Å². The minimum atomic E-state index is 0. The molecule has 0 atom stereocenters. The number of rotatable bonds is 16. The van der Waals surface area contributed by atoms with Crippen LogP contribution in [0, 0.1) is 83.3 Å². The second-order valence-corrected chi connectivity index (χ2v) is 35.6. The Hall–Kier alpha value is -13.0. The quantitative estimate of drug-likeness (QED) is 0.0821. The van der Waals surface area contributed by atoms with Crippen LogP contribution in [0.4, 0.5) is 120 Å². The largest absolute Gasteiger partial charge is 0.501 e. The number of pyridine rings is 2. The normalized spacial score (nSPS) is 12.9. The SMILES string of the molecule is CC(C)c1cccc(C(C)C)c1-c1ncc2c(n1)N(C)[CH-]N2c1[c-]cccc1.CC(C)c1cccc(C(C)C)c1-c1ncc2c(n1)N(c1[c-]cccc1)[CH-]N2C.Cc1ccccc1-c1ncc2c(n1)N(c1[c-]cccc1)[CH-]N2C.[Ir].[Ir].[Ir].[Ir].[Ir].[Ir].[c-]1ccccc1N1[CH-]N(c2cccnc2)c2ncncc21.[c-]1ccccc1N1[CH-]N(c2cccs2)c2ncncc21.[c-]1ccccc1N1[CH-]N(c2ccncc2)c2ncncc21. The van der Waals surface area contributed by atoms with Gasteiger partial charge in [-0.15, -0.1) is 65.5 Å². The van der Waals surface area contributed by atoms with Gasteiger partial charge in [0.2, 0.25) is 0 Å². The molecule has 26 nitrogen and oxygen atoms in total. The molecular weight excluding hydrogens is 2920 g/mol. The smallest absolute Gasteiger partial charge is 0.162 e. The molecule has 24 rings (SSSR count). The summed E-state index contributed by atoms with van der Waals surface area (Å²) >= 11 is 1.68. The molecule has 15 heterocycles. The van der Waals surface area contributed by atoms with Crippen molar-refractivity contribution in [3.8, 4) is 34.2 Å². The molecule has 0 fully saturated rings. The van der Waals surface area contributed by atoms with Gasteiger partial charge in [0, 0.05) is 173 Å². The van der Waals surface area contributed by atoms with E-state index in [1.165, 1.54) is 38.9 Å². The third kappa shape index (κ3) is 24.5. The first kappa shape index (κ1) is 111. The molecular formula is C114H100Ir6N26S-12. The van der Waals surface area contributed by atoms with Crippen molar-refractivity contribution >= 4 is 131 Å². The molecule has 18 aromatic rings. The van der Waals surface area contributed by atoms with Crippen molar-refractivity contribution in [3.05, 3.63) is 433 Å². The zero-order valence-corrected chi connectivity index (χ0v) is 97.2. The van der Waals surface area contributed by atoms with E-state index in [-0.39, 0.29) is 121 Å². The summed E-state index contributed by atoms with van der Waals surface area (Å²) in [7, 11) is 6.04. The van der Waals surface area contributed by atoms with Gasteiger partial charge in [-0.05, 0) is 121 Å². The van der Waals surface area contributed by atoms with Gasteiger partial charge in [0.15, 0.2) is 17.5 Å². The summed E-state index contributed by atoms with van der Waals surface area (Å²) in [6.07, 6.45) is 22.9. The van der Waals surface area contributed by atoms with Crippen LogP contribution in [0.5, 0.6) is 0 Å². The van der Waals surface area contributed by atoms with Gasteiger partial charge in [0.05, 0.1) is 76.3 Å². The molecule has 147 heavy (non-hydrogen) atoms. The fourth-order valence-corrected chi connectivity index (χ4v) is 17.7. The summed E-state index contributed by atoms with van der Waals surface area (Å²) in [5, 5.41) is 3.19. The number of aryl methyl sites for hydroxylation is 1. The van der Waals surface area contributed by atoms with Gasteiger partial charge in [-0.2, -0.15) is 202 Å². The Bertz CT molecular complexity index is 6950. The number of para-hydroxylation sites is 6. The predicted molar refractivity (Wildman–Crippen MR) is 564 cm³/mol. The maximum Gasteiger partial charge on any atom is 0.162 e. The maximum absolute atomic E-state index is 5.04. The number of nitrogens with zero attached hydrogens (tertiary/aromatic N) is 26. The van der Waals surface area contributed by atoms with E-state index in [4.69, 9.17) is 24.9 Å². The maximum atomic E-state index is 5.04. The Morgan fingerprint density at radius 2 is 0.619 bits per heavy atom. The van der Waals surface area contributed by atoms with Crippen molar-refractivity contribution in [1.29, 1.82) is 0 Å². The monoisotopic (exact) mass is 3020 g/mol. The standard InChI is InChI=1S/2C24H26N4.C19H16N4.2C16H11N5.C15H10N4S.6Ir/c1-16(2)19-12-9-13-20(17(3)4)22(19)23-25-14-21-24(26-23)27(5)15-28(21)18-10-7-6-8-11-18;1-16(2)19-12-9-13-20(17(3)4)22(19)23-25-14-21-24(26-23)28(15-27(21)5)18-10-7-6-8-11-18;1-14-8-6-7-11-16(14)18-20-12-17-19(21-18)23(13-22(17)2)15-9-4-3-5-10-15;1-2-5-13(6-3-1)20-12-21(14-7-4-8-17-9-14)16-15(20)10-18-11-19-16;1-2-4-13(5-3-1)20-12-21(14-6-8-17-9-7-14)16-15(20)10-18-11-19-16;1-2-5-12(6-3-1)18-11-19(14-7-4-8-20-14)15-13(18)9-16-10-17-15;;;;;;/h2*6-10,12-17H,1-5H3;3-9,11-13H,1-2H3;1-5,7-12H;1-4,6-12H;1-5,7-11H;;;;;;/q6*-2;;;;;;. The van der Waals surface area contributed by atoms with Crippen molar-refractivity contribution in [3.63, 3.8) is 0 Å². The van der Waals surface area contributed by atoms with Crippen LogP contribution in [0.25, 0.3) is 34.2 Å². The number of hydrogen-bond donors (Lipinski definition) is 0. The van der Waals surface area contributed by atoms with E-state index in [1.54, 1.807) is 67.5 Å². The van der Waals surface area contributed by atoms with E-state index in [0.717, 1.165) is 143 Å². The number of anilines is 21. The molecule has 0 spiro atoms. The average Bonchev–Trinajstić information content (AvgIpc) is 1.64. The molecule has 758 valence electrons. The van der Waals surface area contributed by atoms with Gasteiger partial charge < -0.3 is 58.8 Å². The van der Waals surface area contributed by atoms with Crippen LogP contribution in [-0.4, -0.2) is 90.9 Å². The van der Waals surface area contributed by atoms with E-state index < -0.39 is 0 Å². The first-order valence-electron chi connectivity index (χ1n) is 46.4. The molecule has 0 bridgehead atoms. The molecule has 33 heteroatoms. The summed E-state index contributed by atoms with van der Waals surface area (Å²) in [6.45, 7) is 31.9. The molecule has 0 saturated heterocycles. The molecule has 0 amide bonds. The number of thiophene rings is 1. The zero-order chi connectivity index (χ0) is 97.0. The van der Waals surface area contributed by atoms with Gasteiger partial charge in [-0.3, -0.25) is 9.97 Å². The van der Waals surface area contributed by atoms with Crippen molar-refractivity contribution in [2.24, 2.45) is 0 Å². The minimum Gasteiger partial charge on any atom is -0.501 e. The van der Waals surface area contributed by atoms with Crippen molar-refractivity contribution < 1.29 is 121 Å². The molecule has 6 aliphatic rings. The minimum absolute atomic E-state index is 0. The molecule has 6 aliphatic heterocycles. The third-order valence-electron chi connectivity index (χ3n) is 24.0. The summed E-state index contributed by atoms with van der Waals surface area (Å²) in [5.74, 6) is 9.19. The molecule has 0 N–H and O–H groups in total. The van der Waals surface area contributed by atoms with Gasteiger partial charge in [0.1, 0.15) is 53.9 Å². The van der Waals surface area contributed by atoms with Crippen LogP contribution in [0.2, 0.25) is 0 Å². The van der Waals surface area contributed by atoms with Crippen molar-refractivity contribution in [2.45, 2.75) is 86.0 Å². The number of hydrogen-bond acceptors (Lipinski definition) is 27. The first-order valence-corrected chi connectivity index (χ1v) is 47.2. The number of fused-ring (bicyclic) bond motifs is 6. The Balaban J connectivity index is 0.000000147. The zero-order valence-electron chi connectivity index (χ0n) is 82.0. The van der Waals surface area contributed by atoms with E-state index in [2.05, 4.69) is 228 Å². The Labute approximate surface area is 945 Å². The average molecular weight is 3020 g/mol. The molecule has 9 aromatic carbocycles. The van der Waals surface area contributed by atoms with Crippen LogP contribution >= 0.6 is 11.3 Å². The second-order valence-electron chi connectivity index (χ2n) is 34.7. The third-order valence-corrected chi connectivity index (χ3v) is 24.9. The van der Waals surface area contributed by atoms with E-state index >= 15 is 0 Å². The van der Waals surface area contributed by atoms with Gasteiger partial charge in [-0.25, -0.2) is 59.8 Å². The van der Waals surface area contributed by atoms with Crippen LogP contribution in [0.3, 0.4) is 0 Å². The fraction of sp³-hybridized carbons (Fsp3) is 0.140. The topological polar surface area (TPSA) is 219 Å². The predicted octanol–water partition coefficient (Wildman–Crippen LogP) is 25.6. The van der Waals surface area contributed by atoms with Crippen LogP contribution < -0.4 is 58.8 Å². The van der Waals surface area contributed by atoms with Crippen LogP contribution in [0.15, 0.2) is 329 Å². The summed E-state index contributed by atoms with van der Waals surface area (Å²) < 4.78 is 0. The van der Waals surface area contributed by atoms with E-state index in [0.29, 0.717) is 23.7 Å². The van der Waals surface area contributed by atoms with Gasteiger partial charge in [-0.1, -0.05) is 116 Å².